The fourth-order valence-electron chi connectivity index (χ4n) is 4.92. The van der Waals surface area contributed by atoms with Crippen molar-refractivity contribution in [3.8, 4) is 28.8 Å². The minimum atomic E-state index is -3.78. The van der Waals surface area contributed by atoms with E-state index in [2.05, 4.69) is 25.5 Å². The summed E-state index contributed by atoms with van der Waals surface area (Å²) >= 11 is 0. The van der Waals surface area contributed by atoms with Crippen LogP contribution in [0.1, 0.15) is 24.2 Å². The van der Waals surface area contributed by atoms with E-state index in [-0.39, 0.29) is 28.2 Å². The van der Waals surface area contributed by atoms with Gasteiger partial charge in [-0.25, -0.2) is 4.68 Å². The van der Waals surface area contributed by atoms with E-state index in [0.29, 0.717) is 29.1 Å². The Morgan fingerprint density at radius 2 is 1.90 bits per heavy atom. The monoisotopic (exact) mass is 547 g/mol. The van der Waals surface area contributed by atoms with Gasteiger partial charge in [-0.1, -0.05) is 12.1 Å². The van der Waals surface area contributed by atoms with Crippen LogP contribution in [0.3, 0.4) is 0 Å². The lowest BCUT2D eigenvalue weighted by Gasteiger charge is -2.18. The minimum absolute atomic E-state index is 0.146. The molecular weight excluding hydrogens is 524 g/mol. The fraction of sp³-hybridized carbons (Fsp3) is 0.286. The van der Waals surface area contributed by atoms with E-state index >= 15 is 0 Å². The van der Waals surface area contributed by atoms with Crippen LogP contribution in [0.4, 0.5) is 14.5 Å². The maximum absolute atomic E-state index is 13.5. The number of nitrogens with zero attached hydrogens (tertiary/aromatic N) is 5. The molecule has 2 aromatic carbocycles. The number of alkyl halides is 2. The van der Waals surface area contributed by atoms with E-state index in [9.17, 15) is 23.6 Å². The number of carbonyl (C=O) groups is 1. The quantitative estimate of drug-likeness (QED) is 0.355. The minimum Gasteiger partial charge on any atom is -0.457 e. The Labute approximate surface area is 226 Å². The summed E-state index contributed by atoms with van der Waals surface area (Å²) in [5, 5.41) is 14.1. The van der Waals surface area contributed by atoms with Gasteiger partial charge in [0.15, 0.2) is 17.1 Å². The SMILES string of the molecule is CN(C(=O)Cn1nc(-c2cccc(C#N)c2)c2oc(CN3CCCC3)cc2c1=O)c1ccc2c(c1)OC(F)(F)O2. The number of benzene rings is 2. The number of amides is 1. The summed E-state index contributed by atoms with van der Waals surface area (Å²) in [5.74, 6) is -0.279. The Morgan fingerprint density at radius 3 is 2.67 bits per heavy atom. The molecule has 10 nitrogen and oxygen atoms in total. The van der Waals surface area contributed by atoms with Crippen molar-refractivity contribution in [2.24, 2.45) is 0 Å². The van der Waals surface area contributed by atoms with E-state index in [1.165, 1.54) is 30.1 Å². The topological polar surface area (TPSA) is 114 Å². The van der Waals surface area contributed by atoms with Gasteiger partial charge >= 0.3 is 6.29 Å². The molecule has 0 atom stereocenters. The molecule has 1 amide bonds. The smallest absolute Gasteiger partial charge is 0.457 e. The first kappa shape index (κ1) is 25.5. The molecule has 4 aromatic rings. The Kier molecular flexibility index (Phi) is 6.23. The molecule has 1 saturated heterocycles. The lowest BCUT2D eigenvalue weighted by molar-refractivity contribution is -0.286. The van der Waals surface area contributed by atoms with E-state index in [4.69, 9.17) is 4.42 Å². The number of nitriles is 1. The number of carbonyl (C=O) groups excluding carboxylic acids is 1. The molecule has 2 aliphatic rings. The van der Waals surface area contributed by atoms with Crippen LogP contribution in [0, 0.1) is 11.3 Å². The first-order valence-electron chi connectivity index (χ1n) is 12.6. The van der Waals surface area contributed by atoms with Crippen molar-refractivity contribution < 1.29 is 27.5 Å². The maximum atomic E-state index is 13.5. The summed E-state index contributed by atoms with van der Waals surface area (Å²) < 4.78 is 42.9. The molecule has 0 saturated carbocycles. The van der Waals surface area contributed by atoms with Gasteiger partial charge in [-0.2, -0.15) is 10.4 Å². The van der Waals surface area contributed by atoms with Gasteiger partial charge < -0.3 is 18.8 Å². The number of likely N-dealkylation sites (tertiary alicyclic amines) is 1. The Hall–Kier alpha value is -4.76. The maximum Gasteiger partial charge on any atom is 0.586 e. The molecule has 204 valence electrons. The lowest BCUT2D eigenvalue weighted by atomic mass is 10.1. The number of aromatic nitrogens is 2. The highest BCUT2D eigenvalue weighted by atomic mass is 19.3. The van der Waals surface area contributed by atoms with Crippen molar-refractivity contribution in [3.63, 3.8) is 0 Å². The molecule has 40 heavy (non-hydrogen) atoms. The molecule has 2 aromatic heterocycles. The Balaban J connectivity index is 1.36. The summed E-state index contributed by atoms with van der Waals surface area (Å²) in [6, 6.07) is 14.5. The van der Waals surface area contributed by atoms with Gasteiger partial charge in [0.2, 0.25) is 5.91 Å². The predicted octanol–water partition coefficient (Wildman–Crippen LogP) is 4.11. The van der Waals surface area contributed by atoms with Crippen LogP contribution in [0.2, 0.25) is 0 Å². The number of likely N-dealkylation sites (N-methyl/N-ethyl adjacent to an activating group) is 1. The summed E-state index contributed by atoms with van der Waals surface area (Å²) in [4.78, 5) is 30.2. The molecule has 1 fully saturated rings. The van der Waals surface area contributed by atoms with Crippen LogP contribution >= 0.6 is 0 Å². The van der Waals surface area contributed by atoms with Crippen molar-refractivity contribution in [2.45, 2.75) is 32.2 Å². The molecule has 0 N–H and O–H groups in total. The molecule has 0 bridgehead atoms. The van der Waals surface area contributed by atoms with E-state index < -0.39 is 24.3 Å². The normalized spacial score (nSPS) is 15.8. The second-order valence-corrected chi connectivity index (χ2v) is 9.69. The second kappa shape index (κ2) is 9.77. The van der Waals surface area contributed by atoms with Crippen molar-refractivity contribution >= 4 is 22.6 Å². The number of ether oxygens (including phenoxy) is 2. The first-order valence-corrected chi connectivity index (χ1v) is 12.6. The highest BCUT2D eigenvalue weighted by Crippen LogP contribution is 2.42. The third-order valence-corrected chi connectivity index (χ3v) is 6.96. The second-order valence-electron chi connectivity index (χ2n) is 9.69. The summed E-state index contributed by atoms with van der Waals surface area (Å²) in [5.41, 5.74) is 1.30. The molecule has 0 spiro atoms. The van der Waals surface area contributed by atoms with Crippen LogP contribution < -0.4 is 19.9 Å². The number of halogens is 2. The molecule has 2 aliphatic heterocycles. The number of rotatable bonds is 6. The van der Waals surface area contributed by atoms with Crippen LogP contribution in [-0.4, -0.2) is 47.0 Å². The number of furan rings is 1. The predicted molar refractivity (Wildman–Crippen MR) is 139 cm³/mol. The van der Waals surface area contributed by atoms with Crippen LogP contribution in [0.5, 0.6) is 11.5 Å². The van der Waals surface area contributed by atoms with Gasteiger partial charge in [0.1, 0.15) is 18.0 Å². The van der Waals surface area contributed by atoms with Crippen LogP contribution in [-0.2, 0) is 17.9 Å². The highest BCUT2D eigenvalue weighted by Gasteiger charge is 2.43. The zero-order valence-electron chi connectivity index (χ0n) is 21.4. The molecule has 0 radical (unpaired) electrons. The standard InChI is InChI=1S/C28H23F2N5O5/c1-33(19-7-8-22-23(12-19)40-28(29,30)39-22)24(36)16-35-27(37)21-13-20(15-34-9-2-3-10-34)38-26(21)25(32-35)18-6-4-5-17(11-18)14-31/h4-8,11-13H,2-3,9-10,15-16H2,1H3. The highest BCUT2D eigenvalue weighted by molar-refractivity contribution is 5.94. The van der Waals surface area contributed by atoms with Crippen molar-refractivity contribution in [3.05, 3.63) is 70.2 Å². The van der Waals surface area contributed by atoms with E-state index in [1.807, 2.05) is 0 Å². The molecular formula is C28H23F2N5O5. The fourth-order valence-corrected chi connectivity index (χ4v) is 4.92. The van der Waals surface area contributed by atoms with E-state index in [0.717, 1.165) is 30.6 Å². The average molecular weight is 548 g/mol. The van der Waals surface area contributed by atoms with E-state index in [1.54, 1.807) is 30.3 Å². The molecule has 6 rings (SSSR count). The van der Waals surface area contributed by atoms with Gasteiger partial charge in [0, 0.05) is 24.4 Å². The molecule has 0 aliphatic carbocycles. The van der Waals surface area contributed by atoms with Crippen LogP contribution in [0.15, 0.2) is 57.7 Å². The average Bonchev–Trinajstić information content (AvgIpc) is 3.67. The number of anilines is 1. The third-order valence-electron chi connectivity index (χ3n) is 6.96. The lowest BCUT2D eigenvalue weighted by Crippen LogP contribution is -2.35. The number of fused-ring (bicyclic) bond motifs is 2. The zero-order chi connectivity index (χ0) is 28.0. The van der Waals surface area contributed by atoms with Crippen molar-refractivity contribution in [2.75, 3.05) is 25.0 Å². The number of hydrogen-bond acceptors (Lipinski definition) is 8. The van der Waals surface area contributed by atoms with Gasteiger partial charge in [0.25, 0.3) is 5.56 Å². The summed E-state index contributed by atoms with van der Waals surface area (Å²) in [6.45, 7) is 1.98. The summed E-state index contributed by atoms with van der Waals surface area (Å²) in [7, 11) is 1.45. The molecule has 0 unspecified atom stereocenters. The van der Waals surface area contributed by atoms with Gasteiger partial charge in [-0.15, -0.1) is 8.78 Å². The Bertz CT molecular complexity index is 1740. The Morgan fingerprint density at radius 1 is 1.12 bits per heavy atom. The van der Waals surface area contributed by atoms with Crippen molar-refractivity contribution in [1.29, 1.82) is 5.26 Å². The number of hydrogen-bond donors (Lipinski definition) is 0. The molecule has 12 heteroatoms. The zero-order valence-corrected chi connectivity index (χ0v) is 21.4. The van der Waals surface area contributed by atoms with Crippen molar-refractivity contribution in [1.82, 2.24) is 14.7 Å². The first-order chi connectivity index (χ1) is 19.2. The van der Waals surface area contributed by atoms with Gasteiger partial charge in [0.05, 0.1) is 23.6 Å². The van der Waals surface area contributed by atoms with Gasteiger partial charge in [-0.05, 0) is 56.3 Å². The van der Waals surface area contributed by atoms with Crippen LogP contribution in [0.25, 0.3) is 22.2 Å². The summed E-state index contributed by atoms with van der Waals surface area (Å²) in [6.07, 6.45) is -1.59. The third kappa shape index (κ3) is 4.76. The van der Waals surface area contributed by atoms with Gasteiger partial charge in [-0.3, -0.25) is 14.5 Å². The largest absolute Gasteiger partial charge is 0.586 e. The molecule has 4 heterocycles.